The van der Waals surface area contributed by atoms with E-state index < -0.39 is 0 Å². The number of hydrogen-bond donors (Lipinski definition) is 1. The molecule has 2 rings (SSSR count). The third kappa shape index (κ3) is 2.97. The predicted octanol–water partition coefficient (Wildman–Crippen LogP) is 2.85. The normalized spacial score (nSPS) is 15.4. The third-order valence-electron chi connectivity index (χ3n) is 2.29. The molecule has 1 saturated carbocycles. The van der Waals surface area contributed by atoms with Crippen LogP contribution in [-0.4, -0.2) is 12.1 Å². The van der Waals surface area contributed by atoms with Crippen LogP contribution in [0.15, 0.2) is 23.3 Å². The first kappa shape index (κ1) is 11.4. The van der Waals surface area contributed by atoms with Crippen LogP contribution in [0, 0.1) is 5.92 Å². The van der Waals surface area contributed by atoms with Gasteiger partial charge in [-0.2, -0.15) is 5.10 Å². The number of hydrogen-bond acceptors (Lipinski definition) is 2. The number of hydrazone groups is 1. The van der Waals surface area contributed by atoms with Gasteiger partial charge in [0.15, 0.2) is 0 Å². The Morgan fingerprint density at radius 3 is 2.81 bits per heavy atom. The van der Waals surface area contributed by atoms with Gasteiger partial charge < -0.3 is 0 Å². The SMILES string of the molecule is O=C(N/N=C\c1ccc(Cl)cc1Cl)C1CC1. The minimum absolute atomic E-state index is 0.0265. The molecule has 1 aliphatic carbocycles. The number of rotatable bonds is 3. The Kier molecular flexibility index (Phi) is 3.46. The Balaban J connectivity index is 1.97. The number of amides is 1. The average Bonchev–Trinajstić information content (AvgIpc) is 3.04. The highest BCUT2D eigenvalue weighted by Crippen LogP contribution is 2.28. The van der Waals surface area contributed by atoms with Crippen molar-refractivity contribution in [1.82, 2.24) is 5.43 Å². The Morgan fingerprint density at radius 1 is 1.44 bits per heavy atom. The fourth-order valence-corrected chi connectivity index (χ4v) is 1.67. The van der Waals surface area contributed by atoms with Gasteiger partial charge in [0.25, 0.3) is 0 Å². The van der Waals surface area contributed by atoms with Crippen molar-refractivity contribution >= 4 is 35.3 Å². The van der Waals surface area contributed by atoms with E-state index in [4.69, 9.17) is 23.2 Å². The highest BCUT2D eigenvalue weighted by Gasteiger charge is 2.29. The van der Waals surface area contributed by atoms with Crippen molar-refractivity contribution in [2.45, 2.75) is 12.8 Å². The molecule has 5 heteroatoms. The standard InChI is InChI=1S/C11H10Cl2N2O/c12-9-4-3-8(10(13)5-9)6-14-15-11(16)7-1-2-7/h3-7H,1-2H2,(H,15,16)/b14-6-. The number of nitrogens with zero attached hydrogens (tertiary/aromatic N) is 1. The molecule has 1 fully saturated rings. The quantitative estimate of drug-likeness (QED) is 0.656. The molecule has 0 aromatic heterocycles. The van der Waals surface area contributed by atoms with E-state index in [0.717, 1.165) is 18.4 Å². The number of carbonyl (C=O) groups excluding carboxylic acids is 1. The Hall–Kier alpha value is -1.06. The maximum Gasteiger partial charge on any atom is 0.243 e. The summed E-state index contributed by atoms with van der Waals surface area (Å²) in [5.74, 6) is 0.124. The van der Waals surface area contributed by atoms with Crippen molar-refractivity contribution in [3.8, 4) is 0 Å². The molecule has 0 bridgehead atoms. The topological polar surface area (TPSA) is 41.5 Å². The average molecular weight is 257 g/mol. The van der Waals surface area contributed by atoms with Gasteiger partial charge >= 0.3 is 0 Å². The molecular formula is C11H10Cl2N2O. The summed E-state index contributed by atoms with van der Waals surface area (Å²) < 4.78 is 0. The van der Waals surface area contributed by atoms with E-state index in [1.54, 1.807) is 18.2 Å². The molecule has 0 aliphatic heterocycles. The lowest BCUT2D eigenvalue weighted by Crippen LogP contribution is -2.18. The molecule has 3 nitrogen and oxygen atoms in total. The van der Waals surface area contributed by atoms with E-state index in [9.17, 15) is 4.79 Å². The first-order valence-electron chi connectivity index (χ1n) is 4.95. The summed E-state index contributed by atoms with van der Waals surface area (Å²) in [5, 5.41) is 4.93. The minimum atomic E-state index is -0.0265. The van der Waals surface area contributed by atoms with Crippen LogP contribution in [-0.2, 0) is 4.79 Å². The molecule has 0 unspecified atom stereocenters. The monoisotopic (exact) mass is 256 g/mol. The van der Waals surface area contributed by atoms with Gasteiger partial charge in [0.05, 0.1) is 11.2 Å². The zero-order valence-corrected chi connectivity index (χ0v) is 9.92. The smallest absolute Gasteiger partial charge is 0.243 e. The van der Waals surface area contributed by atoms with Crippen LogP contribution in [0.2, 0.25) is 10.0 Å². The van der Waals surface area contributed by atoms with Gasteiger partial charge in [0.2, 0.25) is 5.91 Å². The second-order valence-corrected chi connectivity index (χ2v) is 4.52. The van der Waals surface area contributed by atoms with Crippen molar-refractivity contribution in [3.63, 3.8) is 0 Å². The largest absolute Gasteiger partial charge is 0.273 e. The number of carbonyl (C=O) groups is 1. The van der Waals surface area contributed by atoms with Crippen LogP contribution in [0.4, 0.5) is 0 Å². The van der Waals surface area contributed by atoms with E-state index in [0.29, 0.717) is 10.0 Å². The van der Waals surface area contributed by atoms with E-state index in [2.05, 4.69) is 10.5 Å². The van der Waals surface area contributed by atoms with E-state index in [1.165, 1.54) is 6.21 Å². The molecule has 84 valence electrons. The summed E-state index contributed by atoms with van der Waals surface area (Å²) in [5.41, 5.74) is 3.20. The number of nitrogens with one attached hydrogen (secondary N) is 1. The highest BCUT2D eigenvalue weighted by molar-refractivity contribution is 6.36. The van der Waals surface area contributed by atoms with E-state index in [-0.39, 0.29) is 11.8 Å². The van der Waals surface area contributed by atoms with Gasteiger partial charge in [-0.15, -0.1) is 0 Å². The molecule has 0 spiro atoms. The van der Waals surface area contributed by atoms with Crippen LogP contribution < -0.4 is 5.43 Å². The van der Waals surface area contributed by atoms with Crippen molar-refractivity contribution in [2.75, 3.05) is 0 Å². The van der Waals surface area contributed by atoms with Crippen molar-refractivity contribution in [2.24, 2.45) is 11.0 Å². The van der Waals surface area contributed by atoms with Crippen LogP contribution >= 0.6 is 23.2 Å². The Bertz CT molecular complexity index is 442. The second kappa shape index (κ2) is 4.85. The Labute approximate surface area is 103 Å². The van der Waals surface area contributed by atoms with Gasteiger partial charge in [-0.25, -0.2) is 5.43 Å². The molecule has 16 heavy (non-hydrogen) atoms. The fraction of sp³-hybridized carbons (Fsp3) is 0.273. The molecule has 0 radical (unpaired) electrons. The first-order valence-corrected chi connectivity index (χ1v) is 5.70. The van der Waals surface area contributed by atoms with Gasteiger partial charge in [0.1, 0.15) is 0 Å². The lowest BCUT2D eigenvalue weighted by molar-refractivity contribution is -0.122. The van der Waals surface area contributed by atoms with Gasteiger partial charge in [0, 0.05) is 16.5 Å². The molecule has 0 saturated heterocycles. The molecule has 0 heterocycles. The lowest BCUT2D eigenvalue weighted by atomic mass is 10.2. The zero-order chi connectivity index (χ0) is 11.5. The van der Waals surface area contributed by atoms with Crippen LogP contribution in [0.3, 0.4) is 0 Å². The third-order valence-corrected chi connectivity index (χ3v) is 2.85. The number of benzene rings is 1. The minimum Gasteiger partial charge on any atom is -0.273 e. The molecule has 0 atom stereocenters. The predicted molar refractivity (Wildman–Crippen MR) is 64.9 cm³/mol. The van der Waals surface area contributed by atoms with Gasteiger partial charge in [-0.05, 0) is 25.0 Å². The molecule has 1 N–H and O–H groups in total. The maximum atomic E-state index is 11.3. The van der Waals surface area contributed by atoms with Crippen molar-refractivity contribution in [1.29, 1.82) is 0 Å². The van der Waals surface area contributed by atoms with Crippen LogP contribution in [0.25, 0.3) is 0 Å². The molecule has 1 aliphatic rings. The summed E-state index contributed by atoms with van der Waals surface area (Å²) in [4.78, 5) is 11.3. The van der Waals surface area contributed by atoms with Gasteiger partial charge in [-0.1, -0.05) is 29.3 Å². The summed E-state index contributed by atoms with van der Waals surface area (Å²) in [6.07, 6.45) is 3.44. The van der Waals surface area contributed by atoms with Crippen LogP contribution in [0.1, 0.15) is 18.4 Å². The summed E-state index contributed by atoms with van der Waals surface area (Å²) in [6, 6.07) is 5.10. The molecule has 1 aromatic carbocycles. The van der Waals surface area contributed by atoms with Crippen LogP contribution in [0.5, 0.6) is 0 Å². The molecular weight excluding hydrogens is 247 g/mol. The fourth-order valence-electron chi connectivity index (χ4n) is 1.21. The highest BCUT2D eigenvalue weighted by atomic mass is 35.5. The first-order chi connectivity index (χ1) is 7.66. The zero-order valence-electron chi connectivity index (χ0n) is 8.41. The second-order valence-electron chi connectivity index (χ2n) is 3.67. The van der Waals surface area contributed by atoms with E-state index in [1.807, 2.05) is 0 Å². The Morgan fingerprint density at radius 2 is 2.19 bits per heavy atom. The summed E-state index contributed by atoms with van der Waals surface area (Å²) in [6.45, 7) is 0. The van der Waals surface area contributed by atoms with Crippen molar-refractivity contribution in [3.05, 3.63) is 33.8 Å². The van der Waals surface area contributed by atoms with Gasteiger partial charge in [-0.3, -0.25) is 4.79 Å². The van der Waals surface area contributed by atoms with E-state index >= 15 is 0 Å². The van der Waals surface area contributed by atoms with Crippen molar-refractivity contribution < 1.29 is 4.79 Å². The summed E-state index contributed by atoms with van der Waals surface area (Å²) >= 11 is 11.7. The number of halogens is 2. The molecule has 1 aromatic rings. The maximum absolute atomic E-state index is 11.3. The summed E-state index contributed by atoms with van der Waals surface area (Å²) in [7, 11) is 0. The lowest BCUT2D eigenvalue weighted by Gasteiger charge is -1.99. The molecule has 1 amide bonds.